The van der Waals surface area contributed by atoms with E-state index in [9.17, 15) is 9.90 Å². The first kappa shape index (κ1) is 12.0. The highest BCUT2D eigenvalue weighted by Gasteiger charge is 2.12. The third kappa shape index (κ3) is 3.23. The maximum absolute atomic E-state index is 11.5. The summed E-state index contributed by atoms with van der Waals surface area (Å²) in [7, 11) is 0. The average molecular weight is 272 g/mol. The van der Waals surface area contributed by atoms with E-state index in [0.29, 0.717) is 5.69 Å². The minimum atomic E-state index is -0.194. The van der Waals surface area contributed by atoms with Crippen molar-refractivity contribution in [2.24, 2.45) is 0 Å². The number of alkyl halides is 1. The lowest BCUT2D eigenvalue weighted by Crippen LogP contribution is -2.21. The Morgan fingerprint density at radius 2 is 2.27 bits per heavy atom. The Balaban J connectivity index is 2.73. The van der Waals surface area contributed by atoms with Gasteiger partial charge in [0.2, 0.25) is 5.91 Å². The van der Waals surface area contributed by atoms with Crippen LogP contribution in [0.5, 0.6) is 5.75 Å². The fraction of sp³-hybridized carbons (Fsp3) is 0.364. The number of aryl methyl sites for hydroxylation is 1. The highest BCUT2D eigenvalue weighted by atomic mass is 79.9. The third-order valence-electron chi connectivity index (χ3n) is 2.12. The number of nitrogens with one attached hydrogen (secondary N) is 1. The molecule has 1 unspecified atom stereocenters. The van der Waals surface area contributed by atoms with Gasteiger partial charge in [0.25, 0.3) is 0 Å². The molecule has 0 aliphatic carbocycles. The Bertz CT molecular complexity index is 366. The van der Waals surface area contributed by atoms with Crippen molar-refractivity contribution >= 4 is 27.5 Å². The van der Waals surface area contributed by atoms with E-state index >= 15 is 0 Å². The summed E-state index contributed by atoms with van der Waals surface area (Å²) in [5, 5.41) is 12.2. The molecule has 0 fully saturated rings. The van der Waals surface area contributed by atoms with Crippen molar-refractivity contribution in [2.45, 2.75) is 25.1 Å². The van der Waals surface area contributed by atoms with Gasteiger partial charge in [0, 0.05) is 11.8 Å². The molecule has 0 saturated carbocycles. The summed E-state index contributed by atoms with van der Waals surface area (Å²) in [6, 6.07) is 5.07. The number of rotatable bonds is 3. The predicted octanol–water partition coefficient (Wildman–Crippen LogP) is 2.81. The molecule has 1 atom stereocenters. The molecule has 2 N–H and O–H groups in total. The molecule has 0 bridgehead atoms. The van der Waals surface area contributed by atoms with Crippen LogP contribution in [0.4, 0.5) is 5.69 Å². The largest absolute Gasteiger partial charge is 0.508 e. The van der Waals surface area contributed by atoms with Crippen LogP contribution in [0.15, 0.2) is 18.2 Å². The smallest absolute Gasteiger partial charge is 0.238 e. The molecule has 0 radical (unpaired) electrons. The second-order valence-electron chi connectivity index (χ2n) is 3.37. The number of halogens is 1. The van der Waals surface area contributed by atoms with Gasteiger partial charge in [0.15, 0.2) is 0 Å². The van der Waals surface area contributed by atoms with E-state index in [1.807, 2.05) is 6.92 Å². The lowest BCUT2D eigenvalue weighted by molar-refractivity contribution is -0.115. The van der Waals surface area contributed by atoms with Crippen molar-refractivity contribution in [2.75, 3.05) is 5.32 Å². The zero-order valence-corrected chi connectivity index (χ0v) is 10.3. The van der Waals surface area contributed by atoms with E-state index in [4.69, 9.17) is 0 Å². The molecule has 0 aliphatic rings. The Hall–Kier alpha value is -1.03. The number of carbonyl (C=O) groups is 1. The molecule has 0 spiro atoms. The SMILES string of the molecule is CCC(Br)C(=O)Nc1ccc(C)c(O)c1. The zero-order chi connectivity index (χ0) is 11.4. The number of phenols is 1. The molecule has 1 aromatic carbocycles. The third-order valence-corrected chi connectivity index (χ3v) is 3.18. The van der Waals surface area contributed by atoms with Crippen LogP contribution in [0.3, 0.4) is 0 Å². The minimum Gasteiger partial charge on any atom is -0.508 e. The number of aromatic hydroxyl groups is 1. The highest BCUT2D eigenvalue weighted by molar-refractivity contribution is 9.10. The number of carbonyl (C=O) groups excluding carboxylic acids is 1. The van der Waals surface area contributed by atoms with Gasteiger partial charge in [0.1, 0.15) is 5.75 Å². The van der Waals surface area contributed by atoms with Crippen molar-refractivity contribution in [3.63, 3.8) is 0 Å². The van der Waals surface area contributed by atoms with Crippen molar-refractivity contribution < 1.29 is 9.90 Å². The molecular formula is C11H14BrNO2. The van der Waals surface area contributed by atoms with Crippen molar-refractivity contribution in [3.05, 3.63) is 23.8 Å². The van der Waals surface area contributed by atoms with Gasteiger partial charge in [0.05, 0.1) is 4.83 Å². The maximum atomic E-state index is 11.5. The van der Waals surface area contributed by atoms with Gasteiger partial charge >= 0.3 is 0 Å². The van der Waals surface area contributed by atoms with E-state index in [2.05, 4.69) is 21.2 Å². The summed E-state index contributed by atoms with van der Waals surface area (Å²) in [6.45, 7) is 3.73. The molecule has 3 nitrogen and oxygen atoms in total. The lowest BCUT2D eigenvalue weighted by Gasteiger charge is -2.09. The molecule has 1 rings (SSSR count). The Kier molecular flexibility index (Phi) is 4.15. The Morgan fingerprint density at radius 1 is 1.60 bits per heavy atom. The van der Waals surface area contributed by atoms with Gasteiger partial charge in [-0.3, -0.25) is 4.79 Å². The van der Waals surface area contributed by atoms with Gasteiger partial charge in [-0.05, 0) is 25.0 Å². The number of hydrogen-bond donors (Lipinski definition) is 2. The maximum Gasteiger partial charge on any atom is 0.238 e. The first-order chi connectivity index (χ1) is 7.04. The molecule has 82 valence electrons. The number of amides is 1. The van der Waals surface area contributed by atoms with Gasteiger partial charge in [-0.2, -0.15) is 0 Å². The molecule has 0 saturated heterocycles. The van der Waals surface area contributed by atoms with Crippen molar-refractivity contribution in [1.29, 1.82) is 0 Å². The Labute approximate surface area is 97.6 Å². The summed E-state index contributed by atoms with van der Waals surface area (Å²) >= 11 is 3.26. The lowest BCUT2D eigenvalue weighted by atomic mass is 10.2. The molecule has 4 heteroatoms. The van der Waals surface area contributed by atoms with Crippen LogP contribution < -0.4 is 5.32 Å². The Morgan fingerprint density at radius 3 is 2.80 bits per heavy atom. The molecule has 15 heavy (non-hydrogen) atoms. The average Bonchev–Trinajstić information content (AvgIpc) is 2.22. The summed E-state index contributed by atoms with van der Waals surface area (Å²) in [5.74, 6) is 0.0937. The summed E-state index contributed by atoms with van der Waals surface area (Å²) in [6.07, 6.45) is 0.726. The second-order valence-corrected chi connectivity index (χ2v) is 4.47. The molecule has 1 amide bonds. The van der Waals surface area contributed by atoms with E-state index < -0.39 is 0 Å². The normalized spacial score (nSPS) is 12.2. The number of benzene rings is 1. The summed E-state index contributed by atoms with van der Waals surface area (Å²) < 4.78 is 0. The minimum absolute atomic E-state index is 0.0965. The van der Waals surface area contributed by atoms with Crippen LogP contribution in [0, 0.1) is 6.92 Å². The summed E-state index contributed by atoms with van der Waals surface area (Å²) in [4.78, 5) is 11.3. The van der Waals surface area contributed by atoms with E-state index in [1.165, 1.54) is 0 Å². The van der Waals surface area contributed by atoms with Crippen LogP contribution in [0.25, 0.3) is 0 Å². The molecular weight excluding hydrogens is 258 g/mol. The van der Waals surface area contributed by atoms with Crippen LogP contribution in [0.1, 0.15) is 18.9 Å². The standard InChI is InChI=1S/C11H14BrNO2/c1-3-9(12)11(15)13-8-5-4-7(2)10(14)6-8/h4-6,9,14H,3H2,1-2H3,(H,13,15). The number of phenolic OH excluding ortho intramolecular Hbond substituents is 1. The zero-order valence-electron chi connectivity index (χ0n) is 8.75. The van der Waals surface area contributed by atoms with Gasteiger partial charge in [-0.15, -0.1) is 0 Å². The molecule has 1 aromatic rings. The van der Waals surface area contributed by atoms with Crippen LogP contribution in [0.2, 0.25) is 0 Å². The van der Waals surface area contributed by atoms with Crippen molar-refractivity contribution in [3.8, 4) is 5.75 Å². The second kappa shape index (κ2) is 5.16. The van der Waals surface area contributed by atoms with E-state index in [0.717, 1.165) is 12.0 Å². The van der Waals surface area contributed by atoms with Gasteiger partial charge in [-0.1, -0.05) is 28.9 Å². The quantitative estimate of drug-likeness (QED) is 0.831. The molecule has 0 aliphatic heterocycles. The van der Waals surface area contributed by atoms with Crippen molar-refractivity contribution in [1.82, 2.24) is 0 Å². The van der Waals surface area contributed by atoms with E-state index in [-0.39, 0.29) is 16.5 Å². The summed E-state index contributed by atoms with van der Waals surface area (Å²) in [5.41, 5.74) is 1.40. The highest BCUT2D eigenvalue weighted by Crippen LogP contribution is 2.21. The first-order valence-electron chi connectivity index (χ1n) is 4.79. The van der Waals surface area contributed by atoms with Gasteiger partial charge < -0.3 is 10.4 Å². The molecule has 0 aromatic heterocycles. The van der Waals surface area contributed by atoms with Crippen LogP contribution in [-0.4, -0.2) is 15.8 Å². The first-order valence-corrected chi connectivity index (χ1v) is 5.70. The monoisotopic (exact) mass is 271 g/mol. The fourth-order valence-corrected chi connectivity index (χ4v) is 1.21. The van der Waals surface area contributed by atoms with Crippen LogP contribution in [-0.2, 0) is 4.79 Å². The van der Waals surface area contributed by atoms with Crippen LogP contribution >= 0.6 is 15.9 Å². The predicted molar refractivity (Wildman–Crippen MR) is 64.5 cm³/mol. The van der Waals surface area contributed by atoms with Gasteiger partial charge in [-0.25, -0.2) is 0 Å². The topological polar surface area (TPSA) is 49.3 Å². The van der Waals surface area contributed by atoms with E-state index in [1.54, 1.807) is 25.1 Å². The number of anilines is 1. The molecule has 0 heterocycles. The number of hydrogen-bond acceptors (Lipinski definition) is 2. The fourth-order valence-electron chi connectivity index (χ4n) is 1.09.